The minimum absolute atomic E-state index is 0.261. The van der Waals surface area contributed by atoms with Crippen LogP contribution in [0.15, 0.2) is 0 Å². The Hall–Kier alpha value is -0.680. The lowest BCUT2D eigenvalue weighted by atomic mass is 9.88. The van der Waals surface area contributed by atoms with Gasteiger partial charge >= 0.3 is 0 Å². The van der Waals surface area contributed by atoms with E-state index in [-0.39, 0.29) is 11.5 Å². The van der Waals surface area contributed by atoms with Gasteiger partial charge in [0.25, 0.3) is 0 Å². The van der Waals surface area contributed by atoms with E-state index in [9.17, 15) is 15.2 Å². The number of hydrogen-bond acceptors (Lipinski definition) is 4. The first-order valence-electron chi connectivity index (χ1n) is 15.9. The fourth-order valence-electron chi connectivity index (χ4n) is 4.75. The molecule has 0 aromatic carbocycles. The summed E-state index contributed by atoms with van der Waals surface area (Å²) in [7, 11) is 0. The number of hydrogen-bond donors (Lipinski definition) is 2. The smallest absolute Gasteiger partial charge is 0.244 e. The van der Waals surface area contributed by atoms with Gasteiger partial charge in [-0.05, 0) is 19.3 Å². The van der Waals surface area contributed by atoms with Crippen LogP contribution in [-0.2, 0) is 0 Å². The number of unbranched alkanes of at least 4 members (excludes halogenated alkanes) is 20. The van der Waals surface area contributed by atoms with Gasteiger partial charge < -0.3 is 10.2 Å². The number of nitro groups is 1. The molecule has 1 unspecified atom stereocenters. The monoisotopic (exact) mass is 515 g/mol. The van der Waals surface area contributed by atoms with Crippen LogP contribution in [0, 0.1) is 10.1 Å². The molecule has 0 aliphatic heterocycles. The molecule has 1 atom stereocenters. The molecule has 0 amide bonds. The van der Waals surface area contributed by atoms with Crippen LogP contribution in [0.4, 0.5) is 0 Å². The van der Waals surface area contributed by atoms with Gasteiger partial charge in [0.15, 0.2) is 0 Å². The first-order chi connectivity index (χ1) is 17.5. The third-order valence-electron chi connectivity index (χ3n) is 7.43. The summed E-state index contributed by atoms with van der Waals surface area (Å²) in [6.07, 6.45) is 30.3. The van der Waals surface area contributed by atoms with E-state index in [2.05, 4.69) is 13.8 Å². The molecule has 0 aliphatic rings. The van der Waals surface area contributed by atoms with E-state index in [1.54, 1.807) is 0 Å². The normalized spacial score (nSPS) is 12.7. The second kappa shape index (κ2) is 30.5. The molecule has 218 valence electrons. The van der Waals surface area contributed by atoms with Crippen molar-refractivity contribution in [1.82, 2.24) is 0 Å². The Kier molecular flexibility index (Phi) is 31.8. The average Bonchev–Trinajstić information content (AvgIpc) is 2.88. The summed E-state index contributed by atoms with van der Waals surface area (Å²) in [6, 6.07) is 0. The Morgan fingerprint density at radius 2 is 0.806 bits per heavy atom. The largest absolute Gasteiger partial charge is 0.396 e. The molecule has 5 heteroatoms. The average molecular weight is 516 g/mol. The SMILES string of the molecule is CCCCCCCC(CO)(CCCC)[N+](=O)[O-].CCCCCCCCCCCCCCCCCCO. The van der Waals surface area contributed by atoms with Gasteiger partial charge in [-0.25, -0.2) is 0 Å². The number of aliphatic hydroxyl groups excluding tert-OH is 2. The molecular formula is C31H65NO4. The van der Waals surface area contributed by atoms with Gasteiger partial charge in [0.2, 0.25) is 5.54 Å². The fraction of sp³-hybridized carbons (Fsp3) is 1.00. The van der Waals surface area contributed by atoms with Crippen LogP contribution >= 0.6 is 0 Å². The van der Waals surface area contributed by atoms with Crippen LogP contribution in [0.1, 0.15) is 181 Å². The zero-order valence-corrected chi connectivity index (χ0v) is 24.8. The summed E-state index contributed by atoms with van der Waals surface area (Å²) >= 11 is 0. The summed E-state index contributed by atoms with van der Waals surface area (Å²) < 4.78 is 0. The molecule has 0 saturated heterocycles. The first-order valence-corrected chi connectivity index (χ1v) is 15.9. The quantitative estimate of drug-likeness (QED) is 0.0647. The van der Waals surface area contributed by atoms with Gasteiger partial charge in [-0.15, -0.1) is 0 Å². The summed E-state index contributed by atoms with van der Waals surface area (Å²) in [5.41, 5.74) is -1.08. The fourth-order valence-corrected chi connectivity index (χ4v) is 4.75. The van der Waals surface area contributed by atoms with Crippen molar-refractivity contribution in [2.45, 2.75) is 187 Å². The maximum atomic E-state index is 11.1. The van der Waals surface area contributed by atoms with Crippen LogP contribution in [0.5, 0.6) is 0 Å². The maximum absolute atomic E-state index is 11.1. The molecule has 0 bridgehead atoms. The van der Waals surface area contributed by atoms with Gasteiger partial charge in [-0.2, -0.15) is 0 Å². The Morgan fingerprint density at radius 1 is 0.500 bits per heavy atom. The standard InChI is InChI=1S/C18H38O.C13H27NO3/c1-2-3-4-5-6-7-8-9-10-11-12-13-14-15-16-17-18-19;1-3-5-7-8-9-11-13(12-15,14(16)17)10-6-4-2/h19H,2-18H2,1H3;15H,3-12H2,1-2H3. The van der Waals surface area contributed by atoms with E-state index in [1.165, 1.54) is 109 Å². The third-order valence-corrected chi connectivity index (χ3v) is 7.43. The van der Waals surface area contributed by atoms with Crippen molar-refractivity contribution in [3.05, 3.63) is 10.1 Å². The number of rotatable bonds is 27. The Bertz CT molecular complexity index is 417. The lowest BCUT2D eigenvalue weighted by molar-refractivity contribution is -0.576. The molecule has 0 rings (SSSR count). The Labute approximate surface area is 225 Å². The highest BCUT2D eigenvalue weighted by Crippen LogP contribution is 2.25. The van der Waals surface area contributed by atoms with Gasteiger partial charge in [-0.3, -0.25) is 10.1 Å². The highest BCUT2D eigenvalue weighted by atomic mass is 16.6. The molecule has 0 spiro atoms. The first kappa shape index (κ1) is 37.5. The zero-order valence-electron chi connectivity index (χ0n) is 24.8. The highest BCUT2D eigenvalue weighted by Gasteiger charge is 2.40. The number of nitrogens with zero attached hydrogens (tertiary/aromatic N) is 1. The lowest BCUT2D eigenvalue weighted by Crippen LogP contribution is -2.42. The molecule has 36 heavy (non-hydrogen) atoms. The van der Waals surface area contributed by atoms with Crippen molar-refractivity contribution in [3.63, 3.8) is 0 Å². The van der Waals surface area contributed by atoms with Crippen LogP contribution in [0.2, 0.25) is 0 Å². The second-order valence-corrected chi connectivity index (χ2v) is 10.9. The molecular weight excluding hydrogens is 450 g/mol. The predicted octanol–water partition coefficient (Wildman–Crippen LogP) is 9.79. The zero-order chi connectivity index (χ0) is 27.2. The van der Waals surface area contributed by atoms with E-state index in [1.807, 2.05) is 6.92 Å². The number of aliphatic hydroxyl groups is 2. The van der Waals surface area contributed by atoms with E-state index in [4.69, 9.17) is 5.11 Å². The van der Waals surface area contributed by atoms with Crippen LogP contribution < -0.4 is 0 Å². The van der Waals surface area contributed by atoms with Crippen molar-refractivity contribution < 1.29 is 15.1 Å². The van der Waals surface area contributed by atoms with Crippen LogP contribution in [0.3, 0.4) is 0 Å². The molecule has 0 saturated carbocycles. The summed E-state index contributed by atoms with van der Waals surface area (Å²) in [5.74, 6) is 0. The highest BCUT2D eigenvalue weighted by molar-refractivity contribution is 4.78. The van der Waals surface area contributed by atoms with Crippen molar-refractivity contribution in [1.29, 1.82) is 0 Å². The van der Waals surface area contributed by atoms with Crippen molar-refractivity contribution >= 4 is 0 Å². The molecule has 0 aromatic heterocycles. The van der Waals surface area contributed by atoms with Crippen molar-refractivity contribution in [3.8, 4) is 0 Å². The Balaban J connectivity index is 0. The van der Waals surface area contributed by atoms with Gasteiger partial charge in [0.1, 0.15) is 6.61 Å². The summed E-state index contributed by atoms with van der Waals surface area (Å²) in [6.45, 7) is 6.50. The molecule has 0 aliphatic carbocycles. The summed E-state index contributed by atoms with van der Waals surface area (Å²) in [5, 5.41) is 29.1. The maximum Gasteiger partial charge on any atom is 0.244 e. The minimum atomic E-state index is -1.08. The molecule has 2 N–H and O–H groups in total. The van der Waals surface area contributed by atoms with Gasteiger partial charge in [0.05, 0.1) is 0 Å². The van der Waals surface area contributed by atoms with E-state index in [0.717, 1.165) is 38.5 Å². The second-order valence-electron chi connectivity index (χ2n) is 10.9. The summed E-state index contributed by atoms with van der Waals surface area (Å²) in [4.78, 5) is 10.9. The molecule has 0 heterocycles. The minimum Gasteiger partial charge on any atom is -0.396 e. The lowest BCUT2D eigenvalue weighted by Gasteiger charge is -2.23. The van der Waals surface area contributed by atoms with E-state index in [0.29, 0.717) is 19.4 Å². The van der Waals surface area contributed by atoms with Crippen LogP contribution in [0.25, 0.3) is 0 Å². The van der Waals surface area contributed by atoms with Crippen LogP contribution in [-0.4, -0.2) is 33.9 Å². The van der Waals surface area contributed by atoms with E-state index < -0.39 is 5.54 Å². The molecule has 0 fully saturated rings. The topological polar surface area (TPSA) is 83.6 Å². The van der Waals surface area contributed by atoms with Gasteiger partial charge in [-0.1, -0.05) is 149 Å². The van der Waals surface area contributed by atoms with E-state index >= 15 is 0 Å². The molecule has 0 radical (unpaired) electrons. The van der Waals surface area contributed by atoms with Crippen molar-refractivity contribution in [2.75, 3.05) is 13.2 Å². The molecule has 0 aromatic rings. The third kappa shape index (κ3) is 25.0. The van der Waals surface area contributed by atoms with Crippen molar-refractivity contribution in [2.24, 2.45) is 0 Å². The van der Waals surface area contributed by atoms with Gasteiger partial charge in [0, 0.05) is 24.4 Å². The Morgan fingerprint density at radius 3 is 1.11 bits per heavy atom. The predicted molar refractivity (Wildman–Crippen MR) is 156 cm³/mol. The molecule has 5 nitrogen and oxygen atoms in total.